The second kappa shape index (κ2) is 5.15. The standard InChI is InChI=1S/C6H14N2O4S/c1-5(2)4-13(10,11)8-12-3-6(7)9/h5,8H,3-4H2,1-2H3,(H2,7,9). The third kappa shape index (κ3) is 7.69. The quantitative estimate of drug-likeness (QED) is 0.548. The smallest absolute Gasteiger partial charge is 0.245 e. The minimum atomic E-state index is -3.46. The largest absolute Gasteiger partial charge is 0.368 e. The summed E-state index contributed by atoms with van der Waals surface area (Å²) in [5, 5.41) is 0. The Balaban J connectivity index is 3.84. The number of hydrogen-bond donors (Lipinski definition) is 2. The van der Waals surface area contributed by atoms with Gasteiger partial charge in [-0.1, -0.05) is 18.7 Å². The number of primary amides is 1. The Morgan fingerprint density at radius 1 is 1.54 bits per heavy atom. The molecule has 78 valence electrons. The van der Waals surface area contributed by atoms with Crippen LogP contribution in [-0.4, -0.2) is 26.7 Å². The van der Waals surface area contributed by atoms with E-state index < -0.39 is 22.5 Å². The maximum Gasteiger partial charge on any atom is 0.245 e. The molecule has 6 nitrogen and oxygen atoms in total. The summed E-state index contributed by atoms with van der Waals surface area (Å²) in [6, 6.07) is 0. The van der Waals surface area contributed by atoms with E-state index >= 15 is 0 Å². The summed E-state index contributed by atoms with van der Waals surface area (Å²) in [7, 11) is -3.46. The summed E-state index contributed by atoms with van der Waals surface area (Å²) in [5.74, 6) is -0.784. The molecule has 0 rings (SSSR count). The molecule has 7 heteroatoms. The molecule has 0 bridgehead atoms. The third-order valence-corrected chi connectivity index (χ3v) is 2.43. The highest BCUT2D eigenvalue weighted by atomic mass is 32.2. The minimum Gasteiger partial charge on any atom is -0.368 e. The van der Waals surface area contributed by atoms with Gasteiger partial charge in [0.05, 0.1) is 5.75 Å². The summed E-state index contributed by atoms with van der Waals surface area (Å²) in [5.41, 5.74) is 4.72. The zero-order chi connectivity index (χ0) is 10.5. The molecule has 0 aromatic rings. The molecule has 0 saturated heterocycles. The van der Waals surface area contributed by atoms with E-state index in [-0.39, 0.29) is 11.7 Å². The second-order valence-electron chi connectivity index (χ2n) is 3.01. The van der Waals surface area contributed by atoms with E-state index in [1.807, 2.05) is 0 Å². The van der Waals surface area contributed by atoms with Gasteiger partial charge in [0.1, 0.15) is 6.61 Å². The van der Waals surface area contributed by atoms with E-state index in [4.69, 9.17) is 5.73 Å². The first-order valence-corrected chi connectivity index (χ1v) is 5.38. The van der Waals surface area contributed by atoms with Crippen molar-refractivity contribution in [1.82, 2.24) is 4.89 Å². The van der Waals surface area contributed by atoms with Gasteiger partial charge in [-0.3, -0.25) is 9.63 Å². The third-order valence-electron chi connectivity index (χ3n) is 0.953. The van der Waals surface area contributed by atoms with E-state index in [0.29, 0.717) is 0 Å². The number of carbonyl (C=O) groups excluding carboxylic acids is 1. The number of sulfonamides is 1. The molecule has 0 radical (unpaired) electrons. The van der Waals surface area contributed by atoms with Crippen LogP contribution in [0.2, 0.25) is 0 Å². The molecule has 0 aromatic heterocycles. The molecule has 0 aromatic carbocycles. The van der Waals surface area contributed by atoms with Gasteiger partial charge in [-0.05, 0) is 5.92 Å². The molecule has 0 fully saturated rings. The van der Waals surface area contributed by atoms with Gasteiger partial charge in [-0.25, -0.2) is 8.42 Å². The van der Waals surface area contributed by atoms with Crippen molar-refractivity contribution in [3.8, 4) is 0 Å². The predicted octanol–water partition coefficient (Wildman–Crippen LogP) is -1.02. The molecule has 0 saturated carbocycles. The molecule has 0 atom stereocenters. The Kier molecular flexibility index (Phi) is 4.89. The van der Waals surface area contributed by atoms with Gasteiger partial charge < -0.3 is 5.73 Å². The van der Waals surface area contributed by atoms with Crippen LogP contribution < -0.4 is 10.6 Å². The topological polar surface area (TPSA) is 98.5 Å². The average molecular weight is 210 g/mol. The van der Waals surface area contributed by atoms with E-state index in [1.54, 1.807) is 18.7 Å². The van der Waals surface area contributed by atoms with Gasteiger partial charge in [0, 0.05) is 0 Å². The molecule has 3 N–H and O–H groups in total. The Hall–Kier alpha value is -0.660. The highest BCUT2D eigenvalue weighted by Gasteiger charge is 2.12. The van der Waals surface area contributed by atoms with Gasteiger partial charge in [-0.15, -0.1) is 0 Å². The molecule has 0 aliphatic heterocycles. The van der Waals surface area contributed by atoms with Crippen molar-refractivity contribution in [1.29, 1.82) is 0 Å². The normalized spacial score (nSPS) is 11.9. The van der Waals surface area contributed by atoms with Crippen LogP contribution in [0.15, 0.2) is 0 Å². The van der Waals surface area contributed by atoms with Crippen LogP contribution in [-0.2, 0) is 19.7 Å². The van der Waals surface area contributed by atoms with Crippen molar-refractivity contribution in [3.63, 3.8) is 0 Å². The number of rotatable bonds is 6. The SMILES string of the molecule is CC(C)CS(=O)(=O)NOCC(N)=O. The van der Waals surface area contributed by atoms with E-state index in [9.17, 15) is 13.2 Å². The summed E-state index contributed by atoms with van der Waals surface area (Å²) in [4.78, 5) is 16.3. The lowest BCUT2D eigenvalue weighted by Crippen LogP contribution is -2.32. The maximum atomic E-state index is 11.0. The number of hydrogen-bond acceptors (Lipinski definition) is 4. The molecular formula is C6H14N2O4S. The molecule has 0 spiro atoms. The van der Waals surface area contributed by atoms with Crippen LogP contribution in [0.5, 0.6) is 0 Å². The first-order valence-electron chi connectivity index (χ1n) is 3.73. The first-order chi connectivity index (χ1) is 5.83. The van der Waals surface area contributed by atoms with Crippen LogP contribution in [0.1, 0.15) is 13.8 Å². The van der Waals surface area contributed by atoms with Crippen molar-refractivity contribution < 1.29 is 18.0 Å². The van der Waals surface area contributed by atoms with Crippen LogP contribution in [0.3, 0.4) is 0 Å². The summed E-state index contributed by atoms with van der Waals surface area (Å²) in [6.07, 6.45) is 0. The van der Waals surface area contributed by atoms with Gasteiger partial charge in [0.2, 0.25) is 15.9 Å². The zero-order valence-corrected chi connectivity index (χ0v) is 8.43. The average Bonchev–Trinajstić information content (AvgIpc) is 1.81. The van der Waals surface area contributed by atoms with E-state index in [0.717, 1.165) is 0 Å². The Bertz CT molecular complexity index is 260. The van der Waals surface area contributed by atoms with Crippen molar-refractivity contribution in [3.05, 3.63) is 0 Å². The fourth-order valence-corrected chi connectivity index (χ4v) is 1.85. The fourth-order valence-electron chi connectivity index (χ4n) is 0.663. The van der Waals surface area contributed by atoms with Crippen LogP contribution in [0, 0.1) is 5.92 Å². The monoisotopic (exact) mass is 210 g/mol. The van der Waals surface area contributed by atoms with E-state index in [2.05, 4.69) is 4.84 Å². The van der Waals surface area contributed by atoms with Crippen LogP contribution in [0.4, 0.5) is 0 Å². The molecule has 1 amide bonds. The first kappa shape index (κ1) is 12.3. The van der Waals surface area contributed by atoms with Gasteiger partial charge in [0.15, 0.2) is 0 Å². The van der Waals surface area contributed by atoms with Gasteiger partial charge in [0.25, 0.3) is 0 Å². The second-order valence-corrected chi connectivity index (χ2v) is 4.74. The van der Waals surface area contributed by atoms with Crippen molar-refractivity contribution in [2.45, 2.75) is 13.8 Å². The Labute approximate surface area is 77.4 Å². The molecule has 13 heavy (non-hydrogen) atoms. The predicted molar refractivity (Wildman–Crippen MR) is 46.9 cm³/mol. The fraction of sp³-hybridized carbons (Fsp3) is 0.833. The van der Waals surface area contributed by atoms with Crippen molar-refractivity contribution in [2.24, 2.45) is 11.7 Å². The van der Waals surface area contributed by atoms with E-state index in [1.165, 1.54) is 0 Å². The number of amides is 1. The van der Waals surface area contributed by atoms with Gasteiger partial charge in [-0.2, -0.15) is 0 Å². The minimum absolute atomic E-state index is 0.00493. The van der Waals surface area contributed by atoms with Crippen LogP contribution in [0.25, 0.3) is 0 Å². The number of carbonyl (C=O) groups is 1. The lowest BCUT2D eigenvalue weighted by Gasteiger charge is -2.07. The Morgan fingerprint density at radius 2 is 2.08 bits per heavy atom. The molecular weight excluding hydrogens is 196 g/mol. The molecule has 0 unspecified atom stereocenters. The van der Waals surface area contributed by atoms with Gasteiger partial charge >= 0.3 is 0 Å². The van der Waals surface area contributed by atoms with Crippen molar-refractivity contribution in [2.75, 3.05) is 12.4 Å². The number of nitrogens with one attached hydrogen (secondary N) is 1. The number of nitrogens with two attached hydrogens (primary N) is 1. The highest BCUT2D eigenvalue weighted by Crippen LogP contribution is 1.96. The summed E-state index contributed by atoms with van der Waals surface area (Å²) >= 11 is 0. The zero-order valence-electron chi connectivity index (χ0n) is 7.61. The lowest BCUT2D eigenvalue weighted by molar-refractivity contribution is -0.123. The lowest BCUT2D eigenvalue weighted by atomic mass is 10.3. The van der Waals surface area contributed by atoms with Crippen molar-refractivity contribution >= 4 is 15.9 Å². The molecule has 0 aliphatic rings. The maximum absolute atomic E-state index is 11.0. The molecule has 0 aliphatic carbocycles. The summed E-state index contributed by atoms with van der Waals surface area (Å²) in [6.45, 7) is 3.05. The summed E-state index contributed by atoms with van der Waals surface area (Å²) < 4.78 is 22.1. The molecule has 0 heterocycles. The van der Waals surface area contributed by atoms with Crippen LogP contribution >= 0.6 is 0 Å². The Morgan fingerprint density at radius 3 is 2.46 bits per heavy atom. The highest BCUT2D eigenvalue weighted by molar-refractivity contribution is 7.89.